The SMILES string of the molecule is CCCCCC1CCC(COc2ccc(/C=C/C(=O)OC)cc2OC)CC1. The number of hydrogen-bond donors (Lipinski definition) is 0. The van der Waals surface area contributed by atoms with Crippen molar-refractivity contribution in [3.8, 4) is 11.5 Å². The van der Waals surface area contributed by atoms with Crippen LogP contribution in [0.5, 0.6) is 11.5 Å². The van der Waals surface area contributed by atoms with E-state index in [9.17, 15) is 4.79 Å². The second-order valence-electron chi connectivity index (χ2n) is 7.46. The summed E-state index contributed by atoms with van der Waals surface area (Å²) >= 11 is 0. The molecule has 27 heavy (non-hydrogen) atoms. The lowest BCUT2D eigenvalue weighted by Gasteiger charge is -2.28. The summed E-state index contributed by atoms with van der Waals surface area (Å²) in [7, 11) is 3.00. The Hall–Kier alpha value is -1.97. The van der Waals surface area contributed by atoms with Gasteiger partial charge < -0.3 is 14.2 Å². The van der Waals surface area contributed by atoms with Gasteiger partial charge in [-0.05, 0) is 48.4 Å². The first kappa shape index (κ1) is 21.3. The van der Waals surface area contributed by atoms with Gasteiger partial charge in [0.15, 0.2) is 11.5 Å². The summed E-state index contributed by atoms with van der Waals surface area (Å²) in [5.74, 6) is 2.63. The summed E-state index contributed by atoms with van der Waals surface area (Å²) < 4.78 is 16.1. The first-order valence-corrected chi connectivity index (χ1v) is 10.2. The predicted molar refractivity (Wildman–Crippen MR) is 109 cm³/mol. The van der Waals surface area contributed by atoms with E-state index in [4.69, 9.17) is 9.47 Å². The summed E-state index contributed by atoms with van der Waals surface area (Å²) in [5.41, 5.74) is 0.872. The molecular formula is C23H34O4. The average molecular weight is 375 g/mol. The monoisotopic (exact) mass is 374 g/mol. The molecule has 1 aliphatic carbocycles. The molecule has 4 nitrogen and oxygen atoms in total. The Bertz CT molecular complexity index is 600. The van der Waals surface area contributed by atoms with Crippen molar-refractivity contribution in [1.29, 1.82) is 0 Å². The Labute approximate surface area is 163 Å². The Morgan fingerprint density at radius 1 is 1.07 bits per heavy atom. The van der Waals surface area contributed by atoms with Crippen molar-refractivity contribution in [1.82, 2.24) is 0 Å². The number of methoxy groups -OCH3 is 2. The van der Waals surface area contributed by atoms with Crippen molar-refractivity contribution < 1.29 is 19.0 Å². The van der Waals surface area contributed by atoms with Crippen LogP contribution in [0.15, 0.2) is 24.3 Å². The van der Waals surface area contributed by atoms with E-state index in [1.165, 1.54) is 64.6 Å². The fourth-order valence-electron chi connectivity index (χ4n) is 3.72. The largest absolute Gasteiger partial charge is 0.493 e. The van der Waals surface area contributed by atoms with Crippen molar-refractivity contribution in [3.05, 3.63) is 29.8 Å². The molecule has 0 N–H and O–H groups in total. The topological polar surface area (TPSA) is 44.8 Å². The van der Waals surface area contributed by atoms with Gasteiger partial charge in [-0.25, -0.2) is 4.79 Å². The highest BCUT2D eigenvalue weighted by molar-refractivity contribution is 5.87. The molecule has 0 saturated heterocycles. The van der Waals surface area contributed by atoms with E-state index in [1.54, 1.807) is 13.2 Å². The molecule has 0 aliphatic heterocycles. The fraction of sp³-hybridized carbons (Fsp3) is 0.609. The Kier molecular flexibility index (Phi) is 9.23. The molecule has 1 aromatic rings. The van der Waals surface area contributed by atoms with E-state index in [-0.39, 0.29) is 5.97 Å². The van der Waals surface area contributed by atoms with Crippen LogP contribution in [-0.2, 0) is 9.53 Å². The van der Waals surface area contributed by atoms with Gasteiger partial charge in [0.1, 0.15) is 0 Å². The molecule has 150 valence electrons. The lowest BCUT2D eigenvalue weighted by Crippen LogP contribution is -2.20. The second kappa shape index (κ2) is 11.7. The number of benzene rings is 1. The lowest BCUT2D eigenvalue weighted by molar-refractivity contribution is -0.134. The van der Waals surface area contributed by atoms with Gasteiger partial charge in [-0.15, -0.1) is 0 Å². The van der Waals surface area contributed by atoms with Crippen LogP contribution >= 0.6 is 0 Å². The highest BCUT2D eigenvalue weighted by atomic mass is 16.5. The molecule has 0 bridgehead atoms. The number of ether oxygens (including phenoxy) is 3. The third kappa shape index (κ3) is 7.28. The van der Waals surface area contributed by atoms with Crippen LogP contribution in [0.4, 0.5) is 0 Å². The summed E-state index contributed by atoms with van der Waals surface area (Å²) in [6, 6.07) is 5.70. The van der Waals surface area contributed by atoms with Crippen molar-refractivity contribution in [2.24, 2.45) is 11.8 Å². The zero-order valence-corrected chi connectivity index (χ0v) is 17.0. The molecule has 0 aromatic heterocycles. The van der Waals surface area contributed by atoms with E-state index >= 15 is 0 Å². The summed E-state index contributed by atoms with van der Waals surface area (Å²) in [5, 5.41) is 0. The van der Waals surface area contributed by atoms with Crippen molar-refractivity contribution >= 4 is 12.0 Å². The van der Waals surface area contributed by atoms with Crippen LogP contribution in [0.25, 0.3) is 6.08 Å². The second-order valence-corrected chi connectivity index (χ2v) is 7.46. The van der Waals surface area contributed by atoms with E-state index in [1.807, 2.05) is 18.2 Å². The first-order valence-electron chi connectivity index (χ1n) is 10.2. The van der Waals surface area contributed by atoms with E-state index in [2.05, 4.69) is 11.7 Å². The van der Waals surface area contributed by atoms with Gasteiger partial charge in [-0.2, -0.15) is 0 Å². The summed E-state index contributed by atoms with van der Waals surface area (Å²) in [6.07, 6.45) is 13.8. The van der Waals surface area contributed by atoms with Gasteiger partial charge >= 0.3 is 5.97 Å². The van der Waals surface area contributed by atoms with Crippen LogP contribution < -0.4 is 9.47 Å². The third-order valence-electron chi connectivity index (χ3n) is 5.46. The number of carbonyl (C=O) groups is 1. The molecule has 1 fully saturated rings. The number of hydrogen-bond acceptors (Lipinski definition) is 4. The molecule has 1 aliphatic rings. The van der Waals surface area contributed by atoms with Gasteiger partial charge in [0, 0.05) is 6.08 Å². The maximum absolute atomic E-state index is 11.2. The number of rotatable bonds is 10. The molecule has 0 unspecified atom stereocenters. The summed E-state index contributed by atoms with van der Waals surface area (Å²) in [4.78, 5) is 11.2. The van der Waals surface area contributed by atoms with Gasteiger partial charge in [-0.1, -0.05) is 51.5 Å². The van der Waals surface area contributed by atoms with Crippen LogP contribution in [0.3, 0.4) is 0 Å². The minimum atomic E-state index is -0.375. The van der Waals surface area contributed by atoms with Crippen molar-refractivity contribution in [2.75, 3.05) is 20.8 Å². The molecule has 4 heteroatoms. The molecular weight excluding hydrogens is 340 g/mol. The van der Waals surface area contributed by atoms with E-state index in [0.717, 1.165) is 23.8 Å². The molecule has 0 heterocycles. The molecule has 0 spiro atoms. The Morgan fingerprint density at radius 2 is 1.81 bits per heavy atom. The predicted octanol–water partition coefficient (Wildman–Crippen LogP) is 5.65. The maximum atomic E-state index is 11.2. The maximum Gasteiger partial charge on any atom is 0.330 e. The quantitative estimate of drug-likeness (QED) is 0.302. The molecule has 2 rings (SSSR count). The van der Waals surface area contributed by atoms with E-state index in [0.29, 0.717) is 11.7 Å². The van der Waals surface area contributed by atoms with Crippen LogP contribution in [0.2, 0.25) is 0 Å². The lowest BCUT2D eigenvalue weighted by atomic mass is 9.80. The van der Waals surface area contributed by atoms with Gasteiger partial charge in [0.25, 0.3) is 0 Å². The zero-order chi connectivity index (χ0) is 19.5. The first-order chi connectivity index (χ1) is 13.2. The van der Waals surface area contributed by atoms with Crippen molar-refractivity contribution in [2.45, 2.75) is 58.3 Å². The average Bonchev–Trinajstić information content (AvgIpc) is 2.71. The molecule has 0 amide bonds. The minimum absolute atomic E-state index is 0.375. The smallest absolute Gasteiger partial charge is 0.330 e. The normalized spacial score (nSPS) is 19.8. The van der Waals surface area contributed by atoms with E-state index < -0.39 is 0 Å². The fourth-order valence-corrected chi connectivity index (χ4v) is 3.72. The van der Waals surface area contributed by atoms with Crippen LogP contribution in [0, 0.1) is 11.8 Å². The number of carbonyl (C=O) groups excluding carboxylic acids is 1. The van der Waals surface area contributed by atoms with Gasteiger partial charge in [-0.3, -0.25) is 0 Å². The molecule has 0 radical (unpaired) electrons. The third-order valence-corrected chi connectivity index (χ3v) is 5.46. The zero-order valence-electron chi connectivity index (χ0n) is 17.0. The molecule has 1 saturated carbocycles. The standard InChI is InChI=1S/C23H34O4/c1-4-5-6-7-18-8-10-20(11-9-18)17-27-21-14-12-19(16-22(21)25-2)13-15-23(24)26-3/h12-16,18,20H,4-11,17H2,1-3H3/b15-13+. The Balaban J connectivity index is 1.82. The van der Waals surface area contributed by atoms with Crippen LogP contribution in [-0.4, -0.2) is 26.8 Å². The number of esters is 1. The molecule has 0 atom stereocenters. The van der Waals surface area contributed by atoms with Gasteiger partial charge in [0.2, 0.25) is 0 Å². The number of unbranched alkanes of at least 4 members (excludes halogenated alkanes) is 2. The summed E-state index contributed by atoms with van der Waals surface area (Å²) in [6.45, 7) is 3.01. The highest BCUT2D eigenvalue weighted by Gasteiger charge is 2.21. The van der Waals surface area contributed by atoms with Crippen molar-refractivity contribution in [3.63, 3.8) is 0 Å². The van der Waals surface area contributed by atoms with Crippen LogP contribution in [0.1, 0.15) is 63.9 Å². The highest BCUT2D eigenvalue weighted by Crippen LogP contribution is 2.34. The van der Waals surface area contributed by atoms with Gasteiger partial charge in [0.05, 0.1) is 20.8 Å². The minimum Gasteiger partial charge on any atom is -0.493 e. The molecule has 1 aromatic carbocycles. The Morgan fingerprint density at radius 3 is 2.48 bits per heavy atom.